The predicted molar refractivity (Wildman–Crippen MR) is 60.4 cm³/mol. The lowest BCUT2D eigenvalue weighted by Gasteiger charge is -2.08. The lowest BCUT2D eigenvalue weighted by atomic mass is 10.2. The number of hydrogen-bond donors (Lipinski definition) is 1. The van der Waals surface area contributed by atoms with Crippen LogP contribution in [-0.4, -0.2) is 15.0 Å². The Bertz CT molecular complexity index is 505. The van der Waals surface area contributed by atoms with E-state index in [-0.39, 0.29) is 5.54 Å². The van der Waals surface area contributed by atoms with Crippen LogP contribution in [0.25, 0.3) is 11.3 Å². The zero-order valence-corrected chi connectivity index (χ0v) is 8.80. The van der Waals surface area contributed by atoms with Crippen LogP contribution in [0.5, 0.6) is 0 Å². The molecule has 0 amide bonds. The summed E-state index contributed by atoms with van der Waals surface area (Å²) < 4.78 is 0. The normalized spacial score (nSPS) is 17.1. The lowest BCUT2D eigenvalue weighted by molar-refractivity contribution is 0.673. The quantitative estimate of drug-likeness (QED) is 0.819. The summed E-state index contributed by atoms with van der Waals surface area (Å²) in [7, 11) is 0. The summed E-state index contributed by atoms with van der Waals surface area (Å²) >= 11 is 0. The van der Waals surface area contributed by atoms with Crippen molar-refractivity contribution in [1.29, 1.82) is 0 Å². The molecule has 1 aliphatic carbocycles. The van der Waals surface area contributed by atoms with Gasteiger partial charge in [-0.1, -0.05) is 0 Å². The molecule has 1 saturated carbocycles. The van der Waals surface area contributed by atoms with Crippen molar-refractivity contribution in [2.45, 2.75) is 18.4 Å². The van der Waals surface area contributed by atoms with Gasteiger partial charge in [0.2, 0.25) is 0 Å². The summed E-state index contributed by atoms with van der Waals surface area (Å²) in [6.45, 7) is 0. The Labute approximate surface area is 93.6 Å². The van der Waals surface area contributed by atoms with Gasteiger partial charge >= 0.3 is 0 Å². The highest BCUT2D eigenvalue weighted by Gasteiger charge is 2.43. The van der Waals surface area contributed by atoms with E-state index in [1.165, 1.54) is 0 Å². The van der Waals surface area contributed by atoms with Crippen molar-refractivity contribution >= 4 is 0 Å². The van der Waals surface area contributed by atoms with Gasteiger partial charge in [0.25, 0.3) is 0 Å². The molecule has 80 valence electrons. The average Bonchev–Trinajstić information content (AvgIpc) is 3.10. The maximum Gasteiger partial charge on any atom is 0.148 e. The summed E-state index contributed by atoms with van der Waals surface area (Å²) in [5, 5.41) is 0. The van der Waals surface area contributed by atoms with Crippen LogP contribution in [0.2, 0.25) is 0 Å². The van der Waals surface area contributed by atoms with Crippen molar-refractivity contribution in [3.63, 3.8) is 0 Å². The molecule has 4 heteroatoms. The van der Waals surface area contributed by atoms with Crippen LogP contribution in [0.1, 0.15) is 18.7 Å². The Balaban J connectivity index is 2.03. The topological polar surface area (TPSA) is 64.7 Å². The van der Waals surface area contributed by atoms with E-state index in [1.807, 2.05) is 18.2 Å². The van der Waals surface area contributed by atoms with Gasteiger partial charge in [0.1, 0.15) is 5.82 Å². The van der Waals surface area contributed by atoms with Crippen LogP contribution in [0.15, 0.2) is 36.8 Å². The van der Waals surface area contributed by atoms with Gasteiger partial charge < -0.3 is 5.73 Å². The van der Waals surface area contributed by atoms with Crippen molar-refractivity contribution in [3.05, 3.63) is 42.6 Å². The van der Waals surface area contributed by atoms with Crippen LogP contribution >= 0.6 is 0 Å². The Morgan fingerprint density at radius 1 is 1.19 bits per heavy atom. The van der Waals surface area contributed by atoms with Gasteiger partial charge in [0, 0.05) is 24.2 Å². The molecule has 0 unspecified atom stereocenters. The molecule has 0 radical (unpaired) electrons. The third kappa shape index (κ3) is 1.57. The number of nitrogens with two attached hydrogens (primary N) is 1. The minimum Gasteiger partial charge on any atom is -0.319 e. The largest absolute Gasteiger partial charge is 0.319 e. The van der Waals surface area contributed by atoms with E-state index >= 15 is 0 Å². The lowest BCUT2D eigenvalue weighted by Crippen LogP contribution is -2.22. The molecule has 3 rings (SSSR count). The third-order valence-corrected chi connectivity index (χ3v) is 2.85. The van der Waals surface area contributed by atoms with Crippen LogP contribution in [-0.2, 0) is 5.54 Å². The number of hydrogen-bond acceptors (Lipinski definition) is 4. The molecule has 0 aliphatic heterocycles. The van der Waals surface area contributed by atoms with Gasteiger partial charge in [-0.15, -0.1) is 0 Å². The molecule has 4 nitrogen and oxygen atoms in total. The van der Waals surface area contributed by atoms with E-state index in [4.69, 9.17) is 5.73 Å². The van der Waals surface area contributed by atoms with Gasteiger partial charge in [-0.2, -0.15) is 0 Å². The minimum atomic E-state index is -0.280. The Hall–Kier alpha value is -1.81. The van der Waals surface area contributed by atoms with Gasteiger partial charge in [0.05, 0.1) is 11.2 Å². The molecule has 0 saturated heterocycles. The molecular formula is C12H12N4. The first-order valence-corrected chi connectivity index (χ1v) is 5.31. The van der Waals surface area contributed by atoms with Crippen molar-refractivity contribution < 1.29 is 0 Å². The van der Waals surface area contributed by atoms with E-state index < -0.39 is 0 Å². The summed E-state index contributed by atoms with van der Waals surface area (Å²) in [6.07, 6.45) is 7.25. The van der Waals surface area contributed by atoms with E-state index in [1.54, 1.807) is 18.6 Å². The SMILES string of the molecule is NC1(c2nccc(-c3cccnc3)n2)CC1. The standard InChI is InChI=1S/C12H12N4/c13-12(4-5-12)11-15-7-3-10(16-11)9-2-1-6-14-8-9/h1-3,6-8H,4-5,13H2. The molecule has 2 aromatic heterocycles. The van der Waals surface area contributed by atoms with Gasteiger partial charge in [-0.05, 0) is 31.0 Å². The van der Waals surface area contributed by atoms with Gasteiger partial charge in [-0.3, -0.25) is 4.98 Å². The summed E-state index contributed by atoms with van der Waals surface area (Å²) in [6, 6.07) is 5.76. The highest BCUT2D eigenvalue weighted by Crippen LogP contribution is 2.40. The summed E-state index contributed by atoms with van der Waals surface area (Å²) in [5.74, 6) is 0.744. The smallest absolute Gasteiger partial charge is 0.148 e. The monoisotopic (exact) mass is 212 g/mol. The zero-order chi connectivity index (χ0) is 11.0. The molecule has 0 atom stereocenters. The van der Waals surface area contributed by atoms with E-state index in [0.29, 0.717) is 0 Å². The highest BCUT2D eigenvalue weighted by molar-refractivity contribution is 5.57. The zero-order valence-electron chi connectivity index (χ0n) is 8.80. The molecule has 0 spiro atoms. The fourth-order valence-corrected chi connectivity index (χ4v) is 1.63. The minimum absolute atomic E-state index is 0.280. The first-order chi connectivity index (χ1) is 7.78. The van der Waals surface area contributed by atoms with Crippen LogP contribution < -0.4 is 5.73 Å². The van der Waals surface area contributed by atoms with Crippen molar-refractivity contribution in [2.75, 3.05) is 0 Å². The molecule has 1 aliphatic rings. The second-order valence-electron chi connectivity index (χ2n) is 4.16. The van der Waals surface area contributed by atoms with Crippen molar-refractivity contribution in [2.24, 2.45) is 5.73 Å². The number of rotatable bonds is 2. The highest BCUT2D eigenvalue weighted by atomic mass is 15.0. The summed E-state index contributed by atoms with van der Waals surface area (Å²) in [5.41, 5.74) is 7.67. The van der Waals surface area contributed by atoms with E-state index in [2.05, 4.69) is 15.0 Å². The Morgan fingerprint density at radius 2 is 2.06 bits per heavy atom. The van der Waals surface area contributed by atoms with Crippen molar-refractivity contribution in [3.8, 4) is 11.3 Å². The fraction of sp³-hybridized carbons (Fsp3) is 0.250. The third-order valence-electron chi connectivity index (χ3n) is 2.85. The molecule has 2 aromatic rings. The van der Waals surface area contributed by atoms with Gasteiger partial charge in [-0.25, -0.2) is 9.97 Å². The average molecular weight is 212 g/mol. The van der Waals surface area contributed by atoms with Crippen LogP contribution in [0, 0.1) is 0 Å². The summed E-state index contributed by atoms with van der Waals surface area (Å²) in [4.78, 5) is 12.8. The molecule has 2 heterocycles. The van der Waals surface area contributed by atoms with Crippen LogP contribution in [0.4, 0.5) is 0 Å². The predicted octanol–water partition coefficient (Wildman–Crippen LogP) is 1.49. The van der Waals surface area contributed by atoms with E-state index in [9.17, 15) is 0 Å². The Morgan fingerprint density at radius 3 is 2.75 bits per heavy atom. The molecule has 0 bridgehead atoms. The maximum atomic E-state index is 6.07. The number of pyridine rings is 1. The maximum absolute atomic E-state index is 6.07. The Kier molecular flexibility index (Phi) is 1.97. The number of nitrogens with zero attached hydrogens (tertiary/aromatic N) is 3. The van der Waals surface area contributed by atoms with E-state index in [0.717, 1.165) is 29.9 Å². The molecule has 16 heavy (non-hydrogen) atoms. The molecule has 2 N–H and O–H groups in total. The van der Waals surface area contributed by atoms with Gasteiger partial charge in [0.15, 0.2) is 0 Å². The second-order valence-corrected chi connectivity index (χ2v) is 4.16. The first-order valence-electron chi connectivity index (χ1n) is 5.31. The van der Waals surface area contributed by atoms with Crippen LogP contribution in [0.3, 0.4) is 0 Å². The van der Waals surface area contributed by atoms with Crippen molar-refractivity contribution in [1.82, 2.24) is 15.0 Å². The molecule has 1 fully saturated rings. The number of aromatic nitrogens is 3. The molecule has 0 aromatic carbocycles. The molecular weight excluding hydrogens is 200 g/mol. The second kappa shape index (κ2) is 3.35. The first kappa shape index (κ1) is 9.42. The fourth-order valence-electron chi connectivity index (χ4n) is 1.63.